The first-order valence-corrected chi connectivity index (χ1v) is 5.50. The van der Waals surface area contributed by atoms with Crippen molar-refractivity contribution in [1.29, 1.82) is 0 Å². The summed E-state index contributed by atoms with van der Waals surface area (Å²) in [6.45, 7) is 1.50. The van der Waals surface area contributed by atoms with Crippen molar-refractivity contribution in [2.24, 2.45) is 5.73 Å². The van der Waals surface area contributed by atoms with E-state index in [4.69, 9.17) is 5.73 Å². The molecule has 0 aromatic heterocycles. The number of halogens is 2. The smallest absolute Gasteiger partial charge is 0.129 e. The maximum atomic E-state index is 13.4. The van der Waals surface area contributed by atoms with Crippen LogP contribution in [0.5, 0.6) is 0 Å². The molecule has 82 valence electrons. The fraction of sp³-hybridized carbons (Fsp3) is 0.364. The number of carbonyl (C=O) groups excluding carboxylic acids is 1. The number of rotatable bonds is 4. The van der Waals surface area contributed by atoms with Gasteiger partial charge in [-0.3, -0.25) is 0 Å². The molecule has 0 aliphatic rings. The topological polar surface area (TPSA) is 43.1 Å². The molecule has 2 N–H and O–H groups in total. The van der Waals surface area contributed by atoms with Crippen LogP contribution in [0.15, 0.2) is 22.7 Å². The summed E-state index contributed by atoms with van der Waals surface area (Å²) in [6, 6.07) is 4.22. The minimum Gasteiger partial charge on any atom is -0.324 e. The minimum atomic E-state index is -0.425. The Balaban J connectivity index is 2.76. The van der Waals surface area contributed by atoms with Gasteiger partial charge in [0.15, 0.2) is 0 Å². The van der Waals surface area contributed by atoms with Gasteiger partial charge in [-0.15, -0.1) is 0 Å². The number of benzene rings is 1. The lowest BCUT2D eigenvalue weighted by Gasteiger charge is -2.12. The van der Waals surface area contributed by atoms with Gasteiger partial charge in [-0.2, -0.15) is 0 Å². The van der Waals surface area contributed by atoms with Crippen molar-refractivity contribution in [1.82, 2.24) is 0 Å². The van der Waals surface area contributed by atoms with Crippen LogP contribution in [-0.2, 0) is 4.79 Å². The summed E-state index contributed by atoms with van der Waals surface area (Å²) in [5.74, 6) is -0.255. The summed E-state index contributed by atoms with van der Waals surface area (Å²) < 4.78 is 14.1. The maximum absolute atomic E-state index is 13.4. The molecule has 0 aliphatic carbocycles. The normalized spacial score (nSPS) is 12.5. The molecule has 2 nitrogen and oxygen atoms in total. The number of hydrogen-bond acceptors (Lipinski definition) is 2. The summed E-state index contributed by atoms with van der Waals surface area (Å²) in [5, 5.41) is 0. The van der Waals surface area contributed by atoms with Crippen LogP contribution >= 0.6 is 15.9 Å². The Labute approximate surface area is 96.8 Å². The van der Waals surface area contributed by atoms with Crippen molar-refractivity contribution in [2.75, 3.05) is 0 Å². The molecule has 1 aromatic rings. The Morgan fingerprint density at radius 2 is 2.27 bits per heavy atom. The second-order valence-corrected chi connectivity index (χ2v) is 4.43. The molecule has 0 aliphatic heterocycles. The molecule has 0 saturated heterocycles. The first kappa shape index (κ1) is 12.3. The van der Waals surface area contributed by atoms with Gasteiger partial charge in [-0.1, -0.05) is 15.9 Å². The molecule has 0 heterocycles. The monoisotopic (exact) mass is 273 g/mol. The lowest BCUT2D eigenvalue weighted by molar-refractivity contribution is -0.117. The Bertz CT molecular complexity index is 368. The van der Waals surface area contributed by atoms with Gasteiger partial charge < -0.3 is 10.5 Å². The molecule has 0 bridgehead atoms. The Hall–Kier alpha value is -0.740. The fourth-order valence-electron chi connectivity index (χ4n) is 1.31. The van der Waals surface area contributed by atoms with Crippen LogP contribution < -0.4 is 5.73 Å². The highest BCUT2D eigenvalue weighted by atomic mass is 79.9. The van der Waals surface area contributed by atoms with Gasteiger partial charge in [0, 0.05) is 22.5 Å². The maximum Gasteiger partial charge on any atom is 0.129 e. The zero-order valence-electron chi connectivity index (χ0n) is 8.47. The average molecular weight is 274 g/mol. The van der Waals surface area contributed by atoms with E-state index in [1.54, 1.807) is 12.1 Å². The first-order valence-electron chi connectivity index (χ1n) is 4.70. The van der Waals surface area contributed by atoms with Gasteiger partial charge in [-0.05, 0) is 31.5 Å². The number of ketones is 1. The van der Waals surface area contributed by atoms with Crippen LogP contribution in [0.3, 0.4) is 0 Å². The zero-order chi connectivity index (χ0) is 11.4. The van der Waals surface area contributed by atoms with E-state index in [9.17, 15) is 9.18 Å². The number of Topliss-reactive ketones (excluding diaryl/α,β-unsaturated/α-hetero) is 1. The predicted molar refractivity (Wildman–Crippen MR) is 60.9 cm³/mol. The van der Waals surface area contributed by atoms with E-state index in [0.717, 1.165) is 4.47 Å². The third kappa shape index (κ3) is 3.72. The van der Waals surface area contributed by atoms with E-state index in [-0.39, 0.29) is 11.6 Å². The zero-order valence-corrected chi connectivity index (χ0v) is 10.1. The van der Waals surface area contributed by atoms with Gasteiger partial charge >= 0.3 is 0 Å². The molecule has 0 spiro atoms. The van der Waals surface area contributed by atoms with E-state index >= 15 is 0 Å². The van der Waals surface area contributed by atoms with Crippen molar-refractivity contribution >= 4 is 21.7 Å². The molecular formula is C11H13BrFNO. The summed E-state index contributed by atoms with van der Waals surface area (Å²) in [7, 11) is 0. The molecular weight excluding hydrogens is 261 g/mol. The quantitative estimate of drug-likeness (QED) is 0.917. The Kier molecular flexibility index (Phi) is 4.42. The first-order chi connectivity index (χ1) is 7.00. The molecule has 1 unspecified atom stereocenters. The minimum absolute atomic E-state index is 0.0702. The van der Waals surface area contributed by atoms with E-state index in [0.29, 0.717) is 18.4 Å². The van der Waals surface area contributed by atoms with E-state index in [1.165, 1.54) is 13.0 Å². The summed E-state index contributed by atoms with van der Waals surface area (Å²) in [4.78, 5) is 10.8. The molecule has 0 saturated carbocycles. The van der Waals surface area contributed by atoms with Gasteiger partial charge in [0.05, 0.1) is 0 Å². The Morgan fingerprint density at radius 3 is 2.87 bits per heavy atom. The molecule has 4 heteroatoms. The van der Waals surface area contributed by atoms with Gasteiger partial charge in [-0.25, -0.2) is 4.39 Å². The van der Waals surface area contributed by atoms with Crippen molar-refractivity contribution in [3.8, 4) is 0 Å². The van der Waals surface area contributed by atoms with Crippen molar-refractivity contribution in [3.63, 3.8) is 0 Å². The number of carbonyl (C=O) groups is 1. The van der Waals surface area contributed by atoms with Crippen molar-refractivity contribution < 1.29 is 9.18 Å². The molecule has 15 heavy (non-hydrogen) atoms. The van der Waals surface area contributed by atoms with E-state index in [2.05, 4.69) is 15.9 Å². The highest BCUT2D eigenvalue weighted by Crippen LogP contribution is 2.23. The predicted octanol–water partition coefficient (Wildman–Crippen LogP) is 2.96. The number of hydrogen-bond donors (Lipinski definition) is 1. The summed E-state index contributed by atoms with van der Waals surface area (Å²) in [5.41, 5.74) is 6.25. The van der Waals surface area contributed by atoms with Crippen LogP contribution in [0, 0.1) is 5.82 Å². The van der Waals surface area contributed by atoms with Crippen LogP contribution in [0.4, 0.5) is 4.39 Å². The SMILES string of the molecule is CC(=O)CCC(N)c1cc(Br)ccc1F. The molecule has 0 fully saturated rings. The lowest BCUT2D eigenvalue weighted by atomic mass is 10.0. The second-order valence-electron chi connectivity index (χ2n) is 3.51. The van der Waals surface area contributed by atoms with E-state index in [1.807, 2.05) is 0 Å². The van der Waals surface area contributed by atoms with Crippen molar-refractivity contribution in [2.45, 2.75) is 25.8 Å². The standard InChI is InChI=1S/C11H13BrFNO/c1-7(15)2-5-11(14)9-6-8(12)3-4-10(9)13/h3-4,6,11H,2,5,14H2,1H3. The molecule has 0 amide bonds. The van der Waals surface area contributed by atoms with Crippen LogP contribution in [0.25, 0.3) is 0 Å². The molecule has 1 atom stereocenters. The summed E-state index contributed by atoms with van der Waals surface area (Å²) in [6.07, 6.45) is 0.857. The van der Waals surface area contributed by atoms with Gasteiger partial charge in [0.25, 0.3) is 0 Å². The van der Waals surface area contributed by atoms with Gasteiger partial charge in [0.2, 0.25) is 0 Å². The highest BCUT2D eigenvalue weighted by molar-refractivity contribution is 9.10. The van der Waals surface area contributed by atoms with Crippen molar-refractivity contribution in [3.05, 3.63) is 34.1 Å². The molecule has 1 rings (SSSR count). The molecule has 1 aromatic carbocycles. The third-order valence-electron chi connectivity index (χ3n) is 2.16. The number of nitrogens with two attached hydrogens (primary N) is 1. The van der Waals surface area contributed by atoms with Crippen LogP contribution in [-0.4, -0.2) is 5.78 Å². The second kappa shape index (κ2) is 5.37. The fourth-order valence-corrected chi connectivity index (χ4v) is 1.69. The van der Waals surface area contributed by atoms with Gasteiger partial charge in [0.1, 0.15) is 11.6 Å². The Morgan fingerprint density at radius 1 is 1.60 bits per heavy atom. The molecule has 0 radical (unpaired) electrons. The lowest BCUT2D eigenvalue weighted by Crippen LogP contribution is -2.13. The summed E-state index contributed by atoms with van der Waals surface area (Å²) >= 11 is 3.26. The van der Waals surface area contributed by atoms with Crippen LogP contribution in [0.1, 0.15) is 31.4 Å². The average Bonchev–Trinajstić information content (AvgIpc) is 2.18. The van der Waals surface area contributed by atoms with Crippen LogP contribution in [0.2, 0.25) is 0 Å². The van der Waals surface area contributed by atoms with E-state index < -0.39 is 6.04 Å². The largest absolute Gasteiger partial charge is 0.324 e. The highest BCUT2D eigenvalue weighted by Gasteiger charge is 2.12. The third-order valence-corrected chi connectivity index (χ3v) is 2.66.